The summed E-state index contributed by atoms with van der Waals surface area (Å²) in [7, 11) is 0. The van der Waals surface area contributed by atoms with E-state index < -0.39 is 90.1 Å². The van der Waals surface area contributed by atoms with Crippen molar-refractivity contribution in [1.29, 1.82) is 0 Å². The fourth-order valence-corrected chi connectivity index (χ4v) is 4.67. The minimum absolute atomic E-state index is 0.0113. The van der Waals surface area contributed by atoms with Crippen molar-refractivity contribution in [3.05, 3.63) is 48.0 Å². The third-order valence-corrected chi connectivity index (χ3v) is 7.28. The van der Waals surface area contributed by atoms with Gasteiger partial charge in [0, 0.05) is 19.4 Å². The van der Waals surface area contributed by atoms with Crippen LogP contribution in [0.1, 0.15) is 38.2 Å². The number of hydrogen-bond acceptors (Lipinski definition) is 12. The number of nitrogens with zero attached hydrogens (tertiary/aromatic N) is 1. The van der Waals surface area contributed by atoms with Crippen LogP contribution in [-0.4, -0.2) is 106 Å². The highest BCUT2D eigenvalue weighted by atomic mass is 16.3. The first-order chi connectivity index (χ1) is 22.2. The summed E-state index contributed by atoms with van der Waals surface area (Å²) in [4.78, 5) is 104. The van der Waals surface area contributed by atoms with E-state index in [0.717, 1.165) is 4.90 Å². The number of aldehydes is 1. The first-order valence-electron chi connectivity index (χ1n) is 14.8. The van der Waals surface area contributed by atoms with Crippen LogP contribution in [0, 0.1) is 0 Å². The summed E-state index contributed by atoms with van der Waals surface area (Å²) in [6.45, 7) is 0.772. The van der Waals surface area contributed by atoms with Gasteiger partial charge in [-0.05, 0) is 31.7 Å². The van der Waals surface area contributed by atoms with E-state index in [0.29, 0.717) is 5.56 Å². The molecular formula is C30H42N8O9. The minimum atomic E-state index is -1.98. The molecule has 0 bridgehead atoms. The number of nitrogens with one attached hydrogen (secondary N) is 3. The number of carbonyl (C=O) groups is 8. The number of primary amides is 2. The maximum atomic E-state index is 14.1. The number of rotatable bonds is 15. The Labute approximate surface area is 270 Å². The third kappa shape index (κ3) is 11.5. The molecule has 3 unspecified atom stereocenters. The first kappa shape index (κ1) is 38.3. The predicted octanol–water partition coefficient (Wildman–Crippen LogP) is -4.22. The lowest BCUT2D eigenvalue weighted by Gasteiger charge is -2.34. The number of allylic oxidation sites excluding steroid dienone is 1. The van der Waals surface area contributed by atoms with Crippen LogP contribution < -0.4 is 38.9 Å². The lowest BCUT2D eigenvalue weighted by Crippen LogP contribution is -2.67. The summed E-state index contributed by atoms with van der Waals surface area (Å²) in [6, 6.07) is 0.448. The van der Waals surface area contributed by atoms with Gasteiger partial charge in [0.15, 0.2) is 29.8 Å². The van der Waals surface area contributed by atoms with E-state index >= 15 is 0 Å². The molecule has 17 nitrogen and oxygen atoms in total. The number of nitrogens with two attached hydrogens (primary N) is 4. The molecule has 47 heavy (non-hydrogen) atoms. The molecule has 0 spiro atoms. The van der Waals surface area contributed by atoms with Crippen LogP contribution in [-0.2, 0) is 44.8 Å². The van der Waals surface area contributed by atoms with Crippen LogP contribution in [0.25, 0.3) is 0 Å². The monoisotopic (exact) mass is 658 g/mol. The predicted molar refractivity (Wildman–Crippen MR) is 166 cm³/mol. The van der Waals surface area contributed by atoms with Gasteiger partial charge in [0.2, 0.25) is 17.7 Å². The molecule has 1 aliphatic rings. The Morgan fingerprint density at radius 3 is 2.28 bits per heavy atom. The average Bonchev–Trinajstić information content (AvgIpc) is 3.02. The number of carbonyl (C=O) groups excluding carboxylic acids is 8. The number of aliphatic hydroxyl groups excluding tert-OH is 1. The summed E-state index contributed by atoms with van der Waals surface area (Å²) in [5, 5.41) is 17.0. The fraction of sp³-hybridized carbons (Fsp3) is 0.467. The van der Waals surface area contributed by atoms with Crippen LogP contribution in [0.5, 0.6) is 0 Å². The number of hydrogen-bond donors (Lipinski definition) is 8. The number of ketones is 2. The third-order valence-electron chi connectivity index (χ3n) is 7.28. The van der Waals surface area contributed by atoms with Gasteiger partial charge in [-0.1, -0.05) is 42.5 Å². The van der Waals surface area contributed by atoms with Crippen molar-refractivity contribution in [2.45, 2.75) is 81.5 Å². The second-order valence-electron chi connectivity index (χ2n) is 11.0. The van der Waals surface area contributed by atoms with Gasteiger partial charge < -0.3 is 48.4 Å². The second-order valence-corrected chi connectivity index (χ2v) is 11.0. The molecule has 0 saturated carbocycles. The Balaban J connectivity index is 2.58. The van der Waals surface area contributed by atoms with Crippen molar-refractivity contribution < 1.29 is 43.5 Å². The van der Waals surface area contributed by atoms with Gasteiger partial charge in [-0.25, -0.2) is 0 Å². The summed E-state index contributed by atoms with van der Waals surface area (Å²) >= 11 is 0. The first-order valence-corrected chi connectivity index (χ1v) is 14.8. The Kier molecular flexibility index (Phi) is 15.0. The molecule has 0 aromatic heterocycles. The van der Waals surface area contributed by atoms with E-state index in [1.54, 1.807) is 30.3 Å². The molecule has 1 aliphatic heterocycles. The smallest absolute Gasteiger partial charge is 0.261 e. The zero-order chi connectivity index (χ0) is 35.3. The second kappa shape index (κ2) is 18.3. The summed E-state index contributed by atoms with van der Waals surface area (Å²) in [5.74, 6) is -7.15. The van der Waals surface area contributed by atoms with E-state index in [1.165, 1.54) is 19.1 Å². The average molecular weight is 659 g/mol. The van der Waals surface area contributed by atoms with Crippen molar-refractivity contribution in [3.63, 3.8) is 0 Å². The number of aliphatic hydroxyl groups is 1. The summed E-state index contributed by atoms with van der Waals surface area (Å²) in [5.41, 5.74) is 23.5. The SMILES string of the molecule is C[C@@H](O)[C@@H](C=O)NC1NC(=O)C(C(=O)[C@@H](N)CCC(N)=O)NC(=O)CCC=CCN(C(C(N)=O)C(=O)[C@@H](N)Cc2ccccc2)C1=O. The molecule has 1 heterocycles. The van der Waals surface area contributed by atoms with Gasteiger partial charge in [-0.3, -0.25) is 38.9 Å². The molecule has 1 aromatic rings. The molecule has 12 N–H and O–H groups in total. The lowest BCUT2D eigenvalue weighted by molar-refractivity contribution is -0.148. The molecule has 0 saturated heterocycles. The zero-order valence-electron chi connectivity index (χ0n) is 25.9. The Morgan fingerprint density at radius 2 is 1.70 bits per heavy atom. The molecule has 0 aliphatic carbocycles. The molecule has 1 aromatic carbocycles. The van der Waals surface area contributed by atoms with Crippen LogP contribution in [0.4, 0.5) is 0 Å². The molecule has 0 fully saturated rings. The topological polar surface area (TPSA) is 300 Å². The van der Waals surface area contributed by atoms with Crippen LogP contribution >= 0.6 is 0 Å². The Hall–Kier alpha value is -4.84. The zero-order valence-corrected chi connectivity index (χ0v) is 25.9. The largest absolute Gasteiger partial charge is 0.391 e. The van der Waals surface area contributed by atoms with E-state index in [4.69, 9.17) is 22.9 Å². The van der Waals surface area contributed by atoms with Crippen molar-refractivity contribution in [2.24, 2.45) is 22.9 Å². The van der Waals surface area contributed by atoms with E-state index in [-0.39, 0.29) is 38.4 Å². The lowest BCUT2D eigenvalue weighted by atomic mass is 9.97. The number of Topliss-reactive ketones (excluding diaryl/α,β-unsaturated/α-hetero) is 2. The highest BCUT2D eigenvalue weighted by Gasteiger charge is 2.42. The standard InChI is InChI=1S/C30H42N8O9/c1-16(40)20(15-39)35-28-30(47)38(24(27(34)45)26(44)19(32)14-17-8-4-2-5-9-17)13-7-3-6-10-22(42)36-23(29(46)37-28)25(43)18(31)11-12-21(33)41/h2-5,7-9,15-16,18-20,23-24,28,35,40H,6,10-14,31-32H2,1H3,(H2,33,41)(H2,34,45)(H,36,42)(H,37,46)/t16-,18+,19+,20-,23?,24?,28?/m1/s1. The Bertz CT molecular complexity index is 1350. The van der Waals surface area contributed by atoms with Gasteiger partial charge in [-0.15, -0.1) is 0 Å². The molecule has 256 valence electrons. The minimum Gasteiger partial charge on any atom is -0.391 e. The van der Waals surface area contributed by atoms with Gasteiger partial charge >= 0.3 is 0 Å². The van der Waals surface area contributed by atoms with Gasteiger partial charge in [0.1, 0.15) is 6.29 Å². The molecule has 7 atom stereocenters. The van der Waals surface area contributed by atoms with Crippen LogP contribution in [0.2, 0.25) is 0 Å². The molecule has 0 radical (unpaired) electrons. The molecule has 17 heteroatoms. The quantitative estimate of drug-likeness (QED) is 0.0505. The van der Waals surface area contributed by atoms with Gasteiger partial charge in [0.05, 0.1) is 24.2 Å². The van der Waals surface area contributed by atoms with E-state index in [1.807, 2.05) is 0 Å². The van der Waals surface area contributed by atoms with E-state index in [2.05, 4.69) is 16.0 Å². The number of benzene rings is 1. The van der Waals surface area contributed by atoms with Crippen LogP contribution in [0.3, 0.4) is 0 Å². The highest BCUT2D eigenvalue weighted by molar-refractivity contribution is 6.12. The van der Waals surface area contributed by atoms with Crippen molar-refractivity contribution in [2.75, 3.05) is 6.54 Å². The van der Waals surface area contributed by atoms with Crippen LogP contribution in [0.15, 0.2) is 42.5 Å². The Morgan fingerprint density at radius 1 is 1.04 bits per heavy atom. The van der Waals surface area contributed by atoms with E-state index in [9.17, 15) is 43.5 Å². The number of amides is 5. The summed E-state index contributed by atoms with van der Waals surface area (Å²) < 4.78 is 0. The molecule has 2 rings (SSSR count). The van der Waals surface area contributed by atoms with Gasteiger partial charge in [0.25, 0.3) is 11.8 Å². The maximum absolute atomic E-state index is 14.1. The molecular weight excluding hydrogens is 616 g/mol. The van der Waals surface area contributed by atoms with Crippen molar-refractivity contribution in [3.8, 4) is 0 Å². The van der Waals surface area contributed by atoms with Gasteiger partial charge in [-0.2, -0.15) is 0 Å². The summed E-state index contributed by atoms with van der Waals surface area (Å²) in [6.07, 6.45) is -1.07. The normalized spacial score (nSPS) is 20.9. The molecule has 5 amide bonds. The maximum Gasteiger partial charge on any atom is 0.261 e. The van der Waals surface area contributed by atoms with Crippen molar-refractivity contribution in [1.82, 2.24) is 20.9 Å². The fourth-order valence-electron chi connectivity index (χ4n) is 4.67. The highest BCUT2D eigenvalue weighted by Crippen LogP contribution is 2.12. The van der Waals surface area contributed by atoms with Crippen molar-refractivity contribution >= 4 is 47.4 Å².